The van der Waals surface area contributed by atoms with E-state index in [0.717, 1.165) is 38.5 Å². The minimum absolute atomic E-state index is 0. The highest BCUT2D eigenvalue weighted by atomic mass is 35.5. The molecule has 3 nitrogen and oxygen atoms in total. The van der Waals surface area contributed by atoms with Crippen LogP contribution in [0.5, 0.6) is 0 Å². The summed E-state index contributed by atoms with van der Waals surface area (Å²) in [4.78, 5) is 12.2. The predicted molar refractivity (Wildman–Crippen MR) is 83.0 cm³/mol. The number of carbonyl (C=O) groups is 1. The molecular weight excluding hydrogens is 272 g/mol. The van der Waals surface area contributed by atoms with Crippen LogP contribution in [0.25, 0.3) is 0 Å². The summed E-state index contributed by atoms with van der Waals surface area (Å²) in [7, 11) is 0. The third-order valence-electron chi connectivity index (χ3n) is 4.69. The molecule has 0 spiro atoms. The molecule has 0 bridgehead atoms. The number of hydrogen-bond acceptors (Lipinski definition) is 2. The number of amides is 1. The Hall–Kier alpha value is -1.06. The average Bonchev–Trinajstić information content (AvgIpc) is 2.82. The van der Waals surface area contributed by atoms with E-state index in [4.69, 9.17) is 5.73 Å². The normalized spacial score (nSPS) is 27.2. The van der Waals surface area contributed by atoms with E-state index in [-0.39, 0.29) is 18.3 Å². The summed E-state index contributed by atoms with van der Waals surface area (Å²) in [5.74, 6) is 0.672. The molecule has 0 aromatic heterocycles. The third kappa shape index (κ3) is 2.99. The van der Waals surface area contributed by atoms with Crippen molar-refractivity contribution in [3.05, 3.63) is 35.9 Å². The molecule has 20 heavy (non-hydrogen) atoms. The molecule has 3 rings (SSSR count). The first kappa shape index (κ1) is 15.3. The summed E-state index contributed by atoms with van der Waals surface area (Å²) in [5, 5.41) is 3.13. The highest BCUT2D eigenvalue weighted by Gasteiger charge is 2.40. The molecule has 0 aliphatic heterocycles. The van der Waals surface area contributed by atoms with Gasteiger partial charge in [-0.2, -0.15) is 0 Å². The Labute approximate surface area is 126 Å². The van der Waals surface area contributed by atoms with Gasteiger partial charge in [0.05, 0.1) is 5.54 Å². The quantitative estimate of drug-likeness (QED) is 0.900. The van der Waals surface area contributed by atoms with Crippen LogP contribution >= 0.6 is 12.4 Å². The van der Waals surface area contributed by atoms with Crippen LogP contribution in [0.15, 0.2) is 30.3 Å². The maximum Gasteiger partial charge on any atom is 0.240 e. The molecule has 2 fully saturated rings. The van der Waals surface area contributed by atoms with Crippen molar-refractivity contribution < 1.29 is 4.79 Å². The van der Waals surface area contributed by atoms with Gasteiger partial charge >= 0.3 is 0 Å². The van der Waals surface area contributed by atoms with E-state index in [1.54, 1.807) is 0 Å². The molecule has 3 N–H and O–H groups in total. The van der Waals surface area contributed by atoms with Crippen LogP contribution in [0.1, 0.15) is 50.0 Å². The zero-order valence-electron chi connectivity index (χ0n) is 11.7. The molecule has 110 valence electrons. The van der Waals surface area contributed by atoms with Crippen LogP contribution in [0, 0.1) is 0 Å². The van der Waals surface area contributed by atoms with Crippen LogP contribution in [0.3, 0.4) is 0 Å². The van der Waals surface area contributed by atoms with Gasteiger partial charge in [0.2, 0.25) is 5.91 Å². The standard InChI is InChI=1S/C16H22N2O.ClH/c17-16(8-4-5-9-16)15(19)18-14-10-13(11-14)12-6-2-1-3-7-12;/h1-3,6-7,13-14H,4-5,8-11,17H2,(H,18,19);1H. The fourth-order valence-electron chi connectivity index (χ4n) is 3.30. The smallest absolute Gasteiger partial charge is 0.240 e. The second-order valence-corrected chi connectivity index (χ2v) is 6.11. The molecule has 2 aliphatic rings. The Bertz CT molecular complexity index is 451. The van der Waals surface area contributed by atoms with Gasteiger partial charge in [0.25, 0.3) is 0 Å². The zero-order valence-corrected chi connectivity index (χ0v) is 12.5. The highest BCUT2D eigenvalue weighted by molar-refractivity contribution is 5.86. The van der Waals surface area contributed by atoms with Crippen molar-refractivity contribution in [2.24, 2.45) is 5.73 Å². The van der Waals surface area contributed by atoms with E-state index in [1.165, 1.54) is 5.56 Å². The van der Waals surface area contributed by atoms with Crippen molar-refractivity contribution in [1.82, 2.24) is 5.32 Å². The molecule has 1 amide bonds. The molecule has 1 aromatic rings. The number of nitrogens with two attached hydrogens (primary N) is 1. The SMILES string of the molecule is Cl.NC1(C(=O)NC2CC(c3ccccc3)C2)CCCC1. The largest absolute Gasteiger partial charge is 0.352 e. The van der Waals surface area contributed by atoms with Gasteiger partial charge in [0.15, 0.2) is 0 Å². The van der Waals surface area contributed by atoms with Crippen molar-refractivity contribution in [3.8, 4) is 0 Å². The summed E-state index contributed by atoms with van der Waals surface area (Å²) in [6, 6.07) is 10.9. The second-order valence-electron chi connectivity index (χ2n) is 6.11. The van der Waals surface area contributed by atoms with E-state index in [9.17, 15) is 4.79 Å². The van der Waals surface area contributed by atoms with Gasteiger partial charge in [-0.3, -0.25) is 4.79 Å². The van der Waals surface area contributed by atoms with Crippen LogP contribution in [0.2, 0.25) is 0 Å². The molecule has 1 aromatic carbocycles. The number of rotatable bonds is 3. The van der Waals surface area contributed by atoms with Gasteiger partial charge in [0, 0.05) is 6.04 Å². The molecule has 4 heteroatoms. The van der Waals surface area contributed by atoms with Crippen LogP contribution in [0.4, 0.5) is 0 Å². The van der Waals surface area contributed by atoms with Gasteiger partial charge in [-0.15, -0.1) is 12.4 Å². The summed E-state index contributed by atoms with van der Waals surface area (Å²) >= 11 is 0. The van der Waals surface area contributed by atoms with Crippen LogP contribution in [-0.4, -0.2) is 17.5 Å². The van der Waals surface area contributed by atoms with Crippen LogP contribution < -0.4 is 11.1 Å². The first-order chi connectivity index (χ1) is 9.17. The molecule has 0 heterocycles. The predicted octanol–water partition coefficient (Wildman–Crippen LogP) is 2.74. The number of halogens is 1. The first-order valence-corrected chi connectivity index (χ1v) is 7.32. The van der Waals surface area contributed by atoms with E-state index in [0.29, 0.717) is 12.0 Å². The molecule has 0 atom stereocenters. The molecule has 0 unspecified atom stereocenters. The number of carbonyl (C=O) groups excluding carboxylic acids is 1. The first-order valence-electron chi connectivity index (χ1n) is 7.32. The van der Waals surface area contributed by atoms with Crippen molar-refractivity contribution in [3.63, 3.8) is 0 Å². The second kappa shape index (κ2) is 6.15. The van der Waals surface area contributed by atoms with E-state index in [2.05, 4.69) is 29.6 Å². The molecule has 0 saturated heterocycles. The molecule has 0 radical (unpaired) electrons. The van der Waals surface area contributed by atoms with Gasteiger partial charge in [0.1, 0.15) is 0 Å². The Balaban J connectivity index is 0.00000147. The number of hydrogen-bond donors (Lipinski definition) is 2. The average molecular weight is 295 g/mol. The summed E-state index contributed by atoms with van der Waals surface area (Å²) < 4.78 is 0. The van der Waals surface area contributed by atoms with Crippen molar-refractivity contribution >= 4 is 18.3 Å². The minimum atomic E-state index is -0.585. The van der Waals surface area contributed by atoms with E-state index in [1.807, 2.05) is 6.07 Å². The Morgan fingerprint density at radius 1 is 1.15 bits per heavy atom. The van der Waals surface area contributed by atoms with Gasteiger partial charge in [-0.25, -0.2) is 0 Å². The molecule has 2 aliphatic carbocycles. The third-order valence-corrected chi connectivity index (χ3v) is 4.69. The summed E-state index contributed by atoms with van der Waals surface area (Å²) in [5.41, 5.74) is 6.96. The Morgan fingerprint density at radius 3 is 2.35 bits per heavy atom. The van der Waals surface area contributed by atoms with Crippen LogP contribution in [-0.2, 0) is 4.79 Å². The zero-order chi connectivity index (χ0) is 13.3. The van der Waals surface area contributed by atoms with Crippen molar-refractivity contribution in [1.29, 1.82) is 0 Å². The lowest BCUT2D eigenvalue weighted by molar-refractivity contribution is -0.127. The number of benzene rings is 1. The monoisotopic (exact) mass is 294 g/mol. The van der Waals surface area contributed by atoms with Crippen molar-refractivity contribution in [2.75, 3.05) is 0 Å². The van der Waals surface area contributed by atoms with Gasteiger partial charge < -0.3 is 11.1 Å². The lowest BCUT2D eigenvalue weighted by Gasteiger charge is -2.38. The maximum atomic E-state index is 12.2. The molecule has 2 saturated carbocycles. The fraction of sp³-hybridized carbons (Fsp3) is 0.562. The topological polar surface area (TPSA) is 55.1 Å². The van der Waals surface area contributed by atoms with E-state index >= 15 is 0 Å². The highest BCUT2D eigenvalue weighted by Crippen LogP contribution is 2.37. The van der Waals surface area contributed by atoms with Gasteiger partial charge in [-0.1, -0.05) is 43.2 Å². The van der Waals surface area contributed by atoms with Crippen molar-refractivity contribution in [2.45, 2.75) is 56.0 Å². The maximum absolute atomic E-state index is 12.2. The lowest BCUT2D eigenvalue weighted by Crippen LogP contribution is -2.56. The minimum Gasteiger partial charge on any atom is -0.352 e. The molecular formula is C16H23ClN2O. The summed E-state index contributed by atoms with van der Waals surface area (Å²) in [6.07, 6.45) is 5.95. The van der Waals surface area contributed by atoms with Gasteiger partial charge in [-0.05, 0) is 37.2 Å². The Kier molecular flexibility index (Phi) is 4.71. The van der Waals surface area contributed by atoms with E-state index < -0.39 is 5.54 Å². The summed E-state index contributed by atoms with van der Waals surface area (Å²) in [6.45, 7) is 0. The Morgan fingerprint density at radius 2 is 1.75 bits per heavy atom. The number of nitrogens with one attached hydrogen (secondary N) is 1. The fourth-order valence-corrected chi connectivity index (χ4v) is 3.30. The lowest BCUT2D eigenvalue weighted by atomic mass is 9.75.